The number of benzene rings is 2. The molecule has 2 aromatic rings. The monoisotopic (exact) mass is 295 g/mol. The first kappa shape index (κ1) is 15.1. The number of hydrogen-bond donors (Lipinski definition) is 2. The van der Waals surface area contributed by atoms with Crippen LogP contribution >= 0.6 is 0 Å². The minimum absolute atomic E-state index is 0.0529. The molecule has 2 aromatic carbocycles. The van der Waals surface area contributed by atoms with E-state index in [2.05, 4.69) is 5.32 Å². The van der Waals surface area contributed by atoms with Crippen LogP contribution in [0.3, 0.4) is 0 Å². The van der Waals surface area contributed by atoms with Gasteiger partial charge >= 0.3 is 5.97 Å². The predicted molar refractivity (Wildman–Crippen MR) is 70.0 cm³/mol. The lowest BCUT2D eigenvalue weighted by atomic mass is 10.1. The molecule has 110 valence electrons. The third kappa shape index (κ3) is 3.61. The van der Waals surface area contributed by atoms with Gasteiger partial charge in [-0.15, -0.1) is 0 Å². The summed E-state index contributed by atoms with van der Waals surface area (Å²) in [5.41, 5.74) is 0.337. The van der Waals surface area contributed by atoms with Crippen molar-refractivity contribution < 1.29 is 23.1 Å². The molecule has 0 bridgehead atoms. The van der Waals surface area contributed by atoms with E-state index in [0.717, 1.165) is 12.1 Å². The summed E-state index contributed by atoms with van der Waals surface area (Å²) in [6.45, 7) is -0.0529. The minimum Gasteiger partial charge on any atom is -0.480 e. The number of halogens is 3. The molecular weight excluding hydrogens is 283 g/mol. The van der Waals surface area contributed by atoms with Crippen LogP contribution in [0.5, 0.6) is 0 Å². The topological polar surface area (TPSA) is 49.3 Å². The van der Waals surface area contributed by atoms with Gasteiger partial charge in [0.25, 0.3) is 0 Å². The lowest BCUT2D eigenvalue weighted by molar-refractivity contribution is -0.139. The molecule has 21 heavy (non-hydrogen) atoms. The molecule has 0 aromatic heterocycles. The van der Waals surface area contributed by atoms with Gasteiger partial charge in [0.05, 0.1) is 0 Å². The average molecular weight is 295 g/mol. The summed E-state index contributed by atoms with van der Waals surface area (Å²) in [7, 11) is 0. The number of hydrogen-bond acceptors (Lipinski definition) is 2. The molecule has 6 heteroatoms. The fraction of sp³-hybridized carbons (Fsp3) is 0.133. The summed E-state index contributed by atoms with van der Waals surface area (Å²) in [4.78, 5) is 11.2. The van der Waals surface area contributed by atoms with Crippen LogP contribution in [-0.4, -0.2) is 11.1 Å². The molecule has 0 radical (unpaired) electrons. The maximum atomic E-state index is 13.5. The van der Waals surface area contributed by atoms with Crippen molar-refractivity contribution in [1.29, 1.82) is 0 Å². The first-order valence-corrected chi connectivity index (χ1v) is 6.13. The summed E-state index contributed by atoms with van der Waals surface area (Å²) in [5.74, 6) is -3.93. The lowest BCUT2D eigenvalue weighted by Crippen LogP contribution is -2.28. The van der Waals surface area contributed by atoms with Crippen molar-refractivity contribution in [3.05, 3.63) is 71.0 Å². The van der Waals surface area contributed by atoms with Gasteiger partial charge in [0.15, 0.2) is 11.6 Å². The summed E-state index contributed by atoms with van der Waals surface area (Å²) in [6, 6.07) is 7.46. The average Bonchev–Trinajstić information content (AvgIpc) is 2.44. The Morgan fingerprint density at radius 3 is 2.38 bits per heavy atom. The van der Waals surface area contributed by atoms with Crippen LogP contribution in [0.2, 0.25) is 0 Å². The molecule has 0 aliphatic heterocycles. The smallest absolute Gasteiger partial charge is 0.325 e. The number of carboxylic acids is 1. The Morgan fingerprint density at radius 2 is 1.76 bits per heavy atom. The summed E-state index contributed by atoms with van der Waals surface area (Å²) >= 11 is 0. The number of aliphatic carboxylic acids is 1. The Morgan fingerprint density at radius 1 is 1.05 bits per heavy atom. The van der Waals surface area contributed by atoms with Crippen molar-refractivity contribution in [2.45, 2.75) is 12.6 Å². The van der Waals surface area contributed by atoms with Gasteiger partial charge in [0.2, 0.25) is 0 Å². The fourth-order valence-corrected chi connectivity index (χ4v) is 1.89. The molecule has 0 saturated carbocycles. The second-order valence-electron chi connectivity index (χ2n) is 4.42. The van der Waals surface area contributed by atoms with E-state index in [0.29, 0.717) is 0 Å². The molecule has 0 saturated heterocycles. The van der Waals surface area contributed by atoms with Crippen LogP contribution in [0, 0.1) is 17.5 Å². The van der Waals surface area contributed by atoms with Crippen LogP contribution in [0.1, 0.15) is 17.2 Å². The molecule has 0 amide bonds. The maximum Gasteiger partial charge on any atom is 0.325 e. The van der Waals surface area contributed by atoms with E-state index in [1.54, 1.807) is 6.07 Å². The van der Waals surface area contributed by atoms with Crippen LogP contribution < -0.4 is 5.32 Å². The van der Waals surface area contributed by atoms with Crippen LogP contribution in [0.25, 0.3) is 0 Å². The molecular formula is C15H12F3NO2. The zero-order valence-electron chi connectivity index (χ0n) is 10.8. The van der Waals surface area contributed by atoms with Gasteiger partial charge in [0.1, 0.15) is 11.9 Å². The molecule has 1 unspecified atom stereocenters. The number of nitrogens with one attached hydrogen (secondary N) is 1. The van der Waals surface area contributed by atoms with Gasteiger partial charge in [-0.05, 0) is 23.8 Å². The van der Waals surface area contributed by atoms with Gasteiger partial charge < -0.3 is 5.11 Å². The van der Waals surface area contributed by atoms with Crippen molar-refractivity contribution in [2.75, 3.05) is 0 Å². The molecule has 0 fully saturated rings. The zero-order valence-corrected chi connectivity index (χ0v) is 10.8. The molecule has 0 aliphatic carbocycles. The molecule has 2 N–H and O–H groups in total. The second kappa shape index (κ2) is 6.41. The maximum absolute atomic E-state index is 13.5. The third-order valence-corrected chi connectivity index (χ3v) is 2.98. The van der Waals surface area contributed by atoms with Gasteiger partial charge in [0, 0.05) is 12.1 Å². The highest BCUT2D eigenvalue weighted by atomic mass is 19.2. The third-order valence-electron chi connectivity index (χ3n) is 2.98. The van der Waals surface area contributed by atoms with E-state index < -0.39 is 29.5 Å². The van der Waals surface area contributed by atoms with Gasteiger partial charge in [-0.25, -0.2) is 13.2 Å². The highest BCUT2D eigenvalue weighted by molar-refractivity contribution is 5.75. The van der Waals surface area contributed by atoms with Crippen LogP contribution in [0.15, 0.2) is 42.5 Å². The predicted octanol–water partition coefficient (Wildman–Crippen LogP) is 3.02. The first-order valence-electron chi connectivity index (χ1n) is 6.13. The van der Waals surface area contributed by atoms with E-state index >= 15 is 0 Å². The standard InChI is InChI=1S/C15H12F3NO2/c16-11-4-2-1-3-10(11)8-19-14(15(20)21)9-5-6-12(17)13(18)7-9/h1-7,14,19H,8H2,(H,20,21). The van der Waals surface area contributed by atoms with Crippen molar-refractivity contribution in [3.63, 3.8) is 0 Å². The Hall–Kier alpha value is -2.34. The van der Waals surface area contributed by atoms with Crippen molar-refractivity contribution in [1.82, 2.24) is 5.32 Å². The van der Waals surface area contributed by atoms with E-state index in [4.69, 9.17) is 5.11 Å². The Bertz CT molecular complexity index is 661. The Balaban J connectivity index is 2.18. The number of carbonyl (C=O) groups is 1. The summed E-state index contributed by atoms with van der Waals surface area (Å²) < 4.78 is 39.5. The molecule has 0 aliphatic rings. The molecule has 0 heterocycles. The largest absolute Gasteiger partial charge is 0.480 e. The minimum atomic E-state index is -1.27. The zero-order chi connectivity index (χ0) is 15.4. The number of carboxylic acid groups (broad SMARTS) is 1. The van der Waals surface area contributed by atoms with E-state index in [9.17, 15) is 18.0 Å². The van der Waals surface area contributed by atoms with Gasteiger partial charge in [-0.3, -0.25) is 10.1 Å². The SMILES string of the molecule is O=C(O)C(NCc1ccccc1F)c1ccc(F)c(F)c1. The van der Waals surface area contributed by atoms with Crippen molar-refractivity contribution in [3.8, 4) is 0 Å². The highest BCUT2D eigenvalue weighted by Crippen LogP contribution is 2.18. The lowest BCUT2D eigenvalue weighted by Gasteiger charge is -2.15. The molecule has 2 rings (SSSR count). The second-order valence-corrected chi connectivity index (χ2v) is 4.42. The van der Waals surface area contributed by atoms with Gasteiger partial charge in [-0.2, -0.15) is 0 Å². The van der Waals surface area contributed by atoms with E-state index in [1.807, 2.05) is 0 Å². The Labute approximate surface area is 119 Å². The van der Waals surface area contributed by atoms with Crippen molar-refractivity contribution >= 4 is 5.97 Å². The number of rotatable bonds is 5. The van der Waals surface area contributed by atoms with Crippen LogP contribution in [0.4, 0.5) is 13.2 Å². The Kier molecular flexibility index (Phi) is 4.59. The van der Waals surface area contributed by atoms with E-state index in [1.165, 1.54) is 24.3 Å². The first-order chi connectivity index (χ1) is 9.99. The molecule has 3 nitrogen and oxygen atoms in total. The summed E-state index contributed by atoms with van der Waals surface area (Å²) in [5, 5.41) is 11.8. The van der Waals surface area contributed by atoms with Gasteiger partial charge in [-0.1, -0.05) is 24.3 Å². The summed E-state index contributed by atoms with van der Waals surface area (Å²) in [6.07, 6.45) is 0. The van der Waals surface area contributed by atoms with Crippen molar-refractivity contribution in [2.24, 2.45) is 0 Å². The quantitative estimate of drug-likeness (QED) is 0.891. The molecule has 0 spiro atoms. The fourth-order valence-electron chi connectivity index (χ4n) is 1.89. The molecule has 1 atom stereocenters. The highest BCUT2D eigenvalue weighted by Gasteiger charge is 2.21. The van der Waals surface area contributed by atoms with Crippen LogP contribution in [-0.2, 0) is 11.3 Å². The van der Waals surface area contributed by atoms with E-state index in [-0.39, 0.29) is 17.7 Å². The normalized spacial score (nSPS) is 12.1.